The van der Waals surface area contributed by atoms with Crippen molar-refractivity contribution < 1.29 is 26.5 Å². The molecule has 0 unspecified atom stereocenters. The number of nitrogens with one attached hydrogen (secondary N) is 2. The summed E-state index contributed by atoms with van der Waals surface area (Å²) in [5, 5.41) is 15.6. The summed E-state index contributed by atoms with van der Waals surface area (Å²) in [5.74, 6) is 0.0572. The number of anilines is 1. The Labute approximate surface area is 298 Å². The summed E-state index contributed by atoms with van der Waals surface area (Å²) >= 11 is 0. The molecule has 51 heavy (non-hydrogen) atoms. The number of carbonyl (C=O) groups is 2. The van der Waals surface area contributed by atoms with Crippen LogP contribution >= 0.6 is 0 Å². The number of aromatic amines is 1. The van der Waals surface area contributed by atoms with E-state index in [9.17, 15) is 9.59 Å². The van der Waals surface area contributed by atoms with Crippen molar-refractivity contribution >= 4 is 34.0 Å². The van der Waals surface area contributed by atoms with Gasteiger partial charge < -0.3 is 24.4 Å². The van der Waals surface area contributed by atoms with E-state index in [0.29, 0.717) is 49.3 Å². The molecule has 2 amide bonds. The Hall–Kier alpha value is -5.44. The highest BCUT2D eigenvalue weighted by Gasteiger charge is 2.45. The van der Waals surface area contributed by atoms with E-state index in [1.807, 2.05) is 55.6 Å². The molecule has 2 aromatic carbocycles. The smallest absolute Gasteiger partial charge is 0.258 e. The van der Waals surface area contributed by atoms with Gasteiger partial charge in [-0.15, -0.1) is 0 Å². The summed E-state index contributed by atoms with van der Waals surface area (Å²) in [6.45, 7) is -0.776. The molecule has 5 aromatic rings. The van der Waals surface area contributed by atoms with Crippen molar-refractivity contribution in [1.29, 1.82) is 0 Å². The second-order valence-corrected chi connectivity index (χ2v) is 12.5. The van der Waals surface area contributed by atoms with Gasteiger partial charge in [-0.3, -0.25) is 24.3 Å². The number of amides is 2. The Morgan fingerprint density at radius 1 is 1.02 bits per heavy atom. The number of hydrogen-bond donors (Lipinski definition) is 2. The van der Waals surface area contributed by atoms with Gasteiger partial charge in [0.15, 0.2) is 11.4 Å². The highest BCUT2D eigenvalue weighted by molar-refractivity contribution is 6.01. The molecule has 0 aliphatic carbocycles. The zero-order chi connectivity index (χ0) is 37.2. The van der Waals surface area contributed by atoms with Gasteiger partial charge in [-0.2, -0.15) is 10.2 Å². The van der Waals surface area contributed by atoms with E-state index in [2.05, 4.69) is 30.6 Å². The number of fused-ring (bicyclic) bond motifs is 1. The van der Waals surface area contributed by atoms with Crippen LogP contribution in [-0.4, -0.2) is 117 Å². The molecule has 0 radical (unpaired) electrons. The second-order valence-electron chi connectivity index (χ2n) is 12.5. The molecule has 264 valence electrons. The molecule has 3 aromatic heterocycles. The molecule has 2 aliphatic heterocycles. The maximum atomic E-state index is 13.8. The van der Waals surface area contributed by atoms with Crippen molar-refractivity contribution in [2.75, 3.05) is 65.4 Å². The van der Waals surface area contributed by atoms with Gasteiger partial charge in [0.05, 0.1) is 21.4 Å². The van der Waals surface area contributed by atoms with Crippen LogP contribution in [0.2, 0.25) is 0 Å². The van der Waals surface area contributed by atoms with E-state index >= 15 is 0 Å². The third kappa shape index (κ3) is 7.38. The minimum atomic E-state index is -2.34. The average molecular weight is 694 g/mol. The predicted octanol–water partition coefficient (Wildman–Crippen LogP) is 3.79. The molecule has 0 saturated carbocycles. The number of H-pyrrole nitrogens is 1. The fourth-order valence-corrected chi connectivity index (χ4v) is 6.34. The van der Waals surface area contributed by atoms with E-state index in [-0.39, 0.29) is 26.1 Å². The molecule has 5 heterocycles. The molecule has 1 atom stereocenters. The fourth-order valence-electron chi connectivity index (χ4n) is 6.34. The minimum Gasteiger partial charge on any atom is -0.475 e. The van der Waals surface area contributed by atoms with E-state index in [0.717, 1.165) is 33.2 Å². The molecule has 0 bridgehead atoms. The van der Waals surface area contributed by atoms with Gasteiger partial charge in [-0.1, -0.05) is 30.3 Å². The van der Waals surface area contributed by atoms with Gasteiger partial charge in [-0.25, -0.2) is 9.97 Å². The number of aryl methyl sites for hydroxylation is 1. The Morgan fingerprint density at radius 2 is 1.84 bits per heavy atom. The SMILES string of the molecule is [2H]C([2H])(C(=O)N1CC=C(c2ccc(-c3ncn(C)n3)cc2)CC1)N1CC[C@@](OC)(C(=O)Nc2ccc3[nH]nc(-c4ccc(OCCOC)nc4)c3c2)C1. The maximum absolute atomic E-state index is 13.8. The molecule has 1 saturated heterocycles. The van der Waals surface area contributed by atoms with Crippen LogP contribution in [0.25, 0.3) is 39.1 Å². The number of carbonyl (C=O) groups excluding carboxylic acids is 2. The van der Waals surface area contributed by atoms with E-state index in [1.165, 1.54) is 16.9 Å². The van der Waals surface area contributed by atoms with Crippen LogP contribution in [0.15, 0.2) is 73.2 Å². The summed E-state index contributed by atoms with van der Waals surface area (Å²) in [6, 6.07) is 17.0. The topological polar surface area (TPSA) is 153 Å². The zero-order valence-electron chi connectivity index (χ0n) is 30.8. The minimum absolute atomic E-state index is 0.0931. The van der Waals surface area contributed by atoms with Crippen molar-refractivity contribution in [2.24, 2.45) is 7.05 Å². The van der Waals surface area contributed by atoms with Gasteiger partial charge in [0.1, 0.15) is 18.6 Å². The molecule has 0 spiro atoms. The van der Waals surface area contributed by atoms with E-state index in [4.69, 9.17) is 17.0 Å². The van der Waals surface area contributed by atoms with Crippen LogP contribution in [0.1, 0.15) is 21.1 Å². The number of nitrogens with zero attached hydrogens (tertiary/aromatic N) is 7. The quantitative estimate of drug-likeness (QED) is 0.185. The number of hydrogen-bond acceptors (Lipinski definition) is 10. The second kappa shape index (κ2) is 14.8. The van der Waals surface area contributed by atoms with E-state index in [1.54, 1.807) is 36.4 Å². The monoisotopic (exact) mass is 693 g/mol. The van der Waals surface area contributed by atoms with Crippen molar-refractivity contribution in [2.45, 2.75) is 18.4 Å². The number of pyridine rings is 1. The van der Waals surface area contributed by atoms with Crippen LogP contribution < -0.4 is 10.1 Å². The largest absolute Gasteiger partial charge is 0.475 e. The Bertz CT molecular complexity index is 2130. The van der Waals surface area contributed by atoms with Gasteiger partial charge >= 0.3 is 0 Å². The van der Waals surface area contributed by atoms with Crippen LogP contribution in [-0.2, 0) is 26.1 Å². The molecule has 14 heteroatoms. The average Bonchev–Trinajstić information content (AvgIpc) is 3.94. The predicted molar refractivity (Wildman–Crippen MR) is 192 cm³/mol. The molecule has 7 rings (SSSR count). The number of methoxy groups -OCH3 is 2. The number of likely N-dealkylation sites (tertiary alicyclic amines) is 1. The van der Waals surface area contributed by atoms with E-state index < -0.39 is 23.9 Å². The normalized spacial score (nSPS) is 18.7. The molecular formula is C37H41N9O5. The first kappa shape index (κ1) is 31.5. The summed E-state index contributed by atoms with van der Waals surface area (Å²) in [5.41, 5.74) is 4.38. The van der Waals surface area contributed by atoms with Crippen LogP contribution in [0.3, 0.4) is 0 Å². The first-order valence-corrected chi connectivity index (χ1v) is 16.7. The highest BCUT2D eigenvalue weighted by Crippen LogP contribution is 2.31. The van der Waals surface area contributed by atoms with Crippen molar-refractivity contribution in [1.82, 2.24) is 39.7 Å². The Balaban J connectivity index is 0.988. The summed E-state index contributed by atoms with van der Waals surface area (Å²) < 4.78 is 35.8. The maximum Gasteiger partial charge on any atom is 0.258 e. The number of rotatable bonds is 12. The molecule has 1 fully saturated rings. The van der Waals surface area contributed by atoms with Gasteiger partial charge in [0, 0.05) is 81.9 Å². The third-order valence-electron chi connectivity index (χ3n) is 9.27. The highest BCUT2D eigenvalue weighted by atomic mass is 16.5. The lowest BCUT2D eigenvalue weighted by Crippen LogP contribution is -2.48. The third-order valence-corrected chi connectivity index (χ3v) is 9.27. The number of ether oxygens (including phenoxy) is 3. The summed E-state index contributed by atoms with van der Waals surface area (Å²) in [4.78, 5) is 39.0. The first-order chi connectivity index (χ1) is 25.6. The molecule has 2 N–H and O–H groups in total. The van der Waals surface area contributed by atoms with Crippen LogP contribution in [0, 0.1) is 0 Å². The van der Waals surface area contributed by atoms with Crippen LogP contribution in [0.5, 0.6) is 5.88 Å². The zero-order valence-corrected chi connectivity index (χ0v) is 28.8. The van der Waals surface area contributed by atoms with Crippen molar-refractivity contribution in [3.63, 3.8) is 0 Å². The molecular weight excluding hydrogens is 650 g/mol. The number of aromatic nitrogens is 6. The van der Waals surface area contributed by atoms with Gasteiger partial charge in [0.2, 0.25) is 11.8 Å². The lowest BCUT2D eigenvalue weighted by atomic mass is 9.98. The standard InChI is InChI=1S/C37H41N9O5/c1-44-24-39-35(43-44)27-6-4-25(5-7-27)26-12-15-46(16-13-26)33(47)22-45-17-14-37(23-45,50-3)36(48)40-29-9-10-31-30(20-29)34(42-41-31)28-8-11-32(38-21-28)51-19-18-49-2/h4-12,20-21,24H,13-19,22-23H2,1-3H3,(H,40,48)(H,41,42)/t37-/m0/s1/i22D2. The van der Waals surface area contributed by atoms with Crippen molar-refractivity contribution in [3.8, 4) is 28.5 Å². The lowest BCUT2D eigenvalue weighted by Gasteiger charge is -2.30. The molecule has 2 aliphatic rings. The summed E-state index contributed by atoms with van der Waals surface area (Å²) in [6.07, 6.45) is 6.09. The Kier molecular flexibility index (Phi) is 9.16. The lowest BCUT2D eigenvalue weighted by molar-refractivity contribution is -0.138. The summed E-state index contributed by atoms with van der Waals surface area (Å²) in [7, 11) is 4.86. The number of benzene rings is 2. The Morgan fingerprint density at radius 3 is 2.55 bits per heavy atom. The first-order valence-electron chi connectivity index (χ1n) is 17.7. The van der Waals surface area contributed by atoms with Crippen LogP contribution in [0.4, 0.5) is 5.69 Å². The van der Waals surface area contributed by atoms with Gasteiger partial charge in [-0.05, 0) is 48.2 Å². The van der Waals surface area contributed by atoms with Crippen molar-refractivity contribution in [3.05, 3.63) is 78.8 Å². The molecule has 14 nitrogen and oxygen atoms in total. The van der Waals surface area contributed by atoms with Gasteiger partial charge in [0.25, 0.3) is 5.91 Å². The fraction of sp³-hybridized carbons (Fsp3) is 0.351.